The molecular formula is C8H7NO5. The van der Waals surface area contributed by atoms with Gasteiger partial charge in [0.25, 0.3) is 0 Å². The van der Waals surface area contributed by atoms with Crippen molar-refractivity contribution in [1.29, 1.82) is 0 Å². The SMILES string of the molecule is O=C(CO)c1cccc([N+](=O)[O-])c1O. The lowest BCUT2D eigenvalue weighted by Crippen LogP contribution is -2.05. The lowest BCUT2D eigenvalue weighted by molar-refractivity contribution is -0.385. The third kappa shape index (κ3) is 1.69. The van der Waals surface area contributed by atoms with Crippen molar-refractivity contribution in [3.8, 4) is 5.75 Å². The number of rotatable bonds is 3. The fraction of sp³-hybridized carbons (Fsp3) is 0.125. The number of phenols is 1. The maximum atomic E-state index is 11.0. The molecule has 74 valence electrons. The molecule has 0 aliphatic rings. The smallest absolute Gasteiger partial charge is 0.311 e. The largest absolute Gasteiger partial charge is 0.502 e. The molecule has 1 rings (SSSR count). The number of hydrogen-bond acceptors (Lipinski definition) is 5. The molecule has 0 bridgehead atoms. The van der Waals surface area contributed by atoms with E-state index < -0.39 is 28.8 Å². The summed E-state index contributed by atoms with van der Waals surface area (Å²) in [4.78, 5) is 20.5. The van der Waals surface area contributed by atoms with Crippen molar-refractivity contribution >= 4 is 11.5 Å². The molecule has 2 N–H and O–H groups in total. The molecule has 0 unspecified atom stereocenters. The number of Topliss-reactive ketones (excluding diaryl/α,β-unsaturated/α-hetero) is 1. The van der Waals surface area contributed by atoms with Gasteiger partial charge in [-0.25, -0.2) is 0 Å². The lowest BCUT2D eigenvalue weighted by Gasteiger charge is -2.01. The molecule has 0 aliphatic heterocycles. The van der Waals surface area contributed by atoms with Crippen LogP contribution in [-0.2, 0) is 0 Å². The number of nitrogens with zero attached hydrogens (tertiary/aromatic N) is 1. The van der Waals surface area contributed by atoms with Crippen molar-refractivity contribution in [2.75, 3.05) is 6.61 Å². The molecule has 0 aromatic heterocycles. The van der Waals surface area contributed by atoms with Crippen LogP contribution in [0.15, 0.2) is 18.2 Å². The van der Waals surface area contributed by atoms with E-state index in [2.05, 4.69) is 0 Å². The lowest BCUT2D eigenvalue weighted by atomic mass is 10.1. The minimum atomic E-state index is -0.802. The summed E-state index contributed by atoms with van der Waals surface area (Å²) in [7, 11) is 0. The molecule has 6 nitrogen and oxygen atoms in total. The Hall–Kier alpha value is -1.95. The van der Waals surface area contributed by atoms with Crippen molar-refractivity contribution in [3.05, 3.63) is 33.9 Å². The van der Waals surface area contributed by atoms with Crippen molar-refractivity contribution < 1.29 is 19.9 Å². The molecule has 14 heavy (non-hydrogen) atoms. The summed E-state index contributed by atoms with van der Waals surface area (Å²) in [6, 6.07) is 3.55. The molecule has 0 amide bonds. The first-order valence-electron chi connectivity index (χ1n) is 3.68. The normalized spacial score (nSPS) is 9.79. The first-order chi connectivity index (χ1) is 6.57. The topological polar surface area (TPSA) is 101 Å². The summed E-state index contributed by atoms with van der Waals surface area (Å²) in [5, 5.41) is 28.2. The summed E-state index contributed by atoms with van der Waals surface area (Å²) >= 11 is 0. The van der Waals surface area contributed by atoms with E-state index in [0.717, 1.165) is 6.07 Å². The summed E-state index contributed by atoms with van der Waals surface area (Å²) in [5.41, 5.74) is -0.800. The standard InChI is InChI=1S/C8H7NO5/c10-4-7(11)5-2-1-3-6(8(5)12)9(13)14/h1-3,10,12H,4H2. The zero-order valence-electron chi connectivity index (χ0n) is 7.01. The second kappa shape index (κ2) is 3.84. The van der Waals surface area contributed by atoms with E-state index in [0.29, 0.717) is 0 Å². The van der Waals surface area contributed by atoms with Crippen LogP contribution >= 0.6 is 0 Å². The number of carbonyl (C=O) groups is 1. The quantitative estimate of drug-likeness (QED) is 0.416. The Morgan fingerprint density at radius 2 is 2.14 bits per heavy atom. The number of ketones is 1. The number of aromatic hydroxyl groups is 1. The maximum Gasteiger partial charge on any atom is 0.311 e. The van der Waals surface area contributed by atoms with E-state index >= 15 is 0 Å². The number of hydrogen-bond donors (Lipinski definition) is 2. The van der Waals surface area contributed by atoms with Crippen LogP contribution in [0.5, 0.6) is 5.75 Å². The number of aliphatic hydroxyl groups is 1. The molecule has 0 spiro atoms. The van der Waals surface area contributed by atoms with Crippen LogP contribution in [0, 0.1) is 10.1 Å². The highest BCUT2D eigenvalue weighted by Crippen LogP contribution is 2.29. The number of para-hydroxylation sites is 1. The van der Waals surface area contributed by atoms with E-state index in [-0.39, 0.29) is 5.56 Å². The van der Waals surface area contributed by atoms with E-state index in [1.165, 1.54) is 12.1 Å². The van der Waals surface area contributed by atoms with Gasteiger partial charge in [0, 0.05) is 6.07 Å². The van der Waals surface area contributed by atoms with Gasteiger partial charge in [0.15, 0.2) is 5.78 Å². The van der Waals surface area contributed by atoms with Gasteiger partial charge in [-0.2, -0.15) is 0 Å². The third-order valence-corrected chi connectivity index (χ3v) is 1.66. The highest BCUT2D eigenvalue weighted by Gasteiger charge is 2.19. The number of benzene rings is 1. The fourth-order valence-corrected chi connectivity index (χ4v) is 0.989. The van der Waals surface area contributed by atoms with Gasteiger partial charge in [-0.05, 0) is 6.07 Å². The zero-order valence-corrected chi connectivity index (χ0v) is 7.01. The molecule has 0 saturated heterocycles. The third-order valence-electron chi connectivity index (χ3n) is 1.66. The van der Waals surface area contributed by atoms with Crippen LogP contribution in [0.3, 0.4) is 0 Å². The Balaban J connectivity index is 3.27. The van der Waals surface area contributed by atoms with Gasteiger partial charge in [0.05, 0.1) is 10.5 Å². The number of phenolic OH excluding ortho intramolecular Hbond substituents is 1. The molecule has 6 heteroatoms. The van der Waals surface area contributed by atoms with Crippen LogP contribution in [-0.4, -0.2) is 27.5 Å². The van der Waals surface area contributed by atoms with Crippen LogP contribution in [0.4, 0.5) is 5.69 Å². The molecule has 0 aliphatic carbocycles. The number of nitro groups is 1. The van der Waals surface area contributed by atoms with E-state index in [4.69, 9.17) is 5.11 Å². The molecule has 0 radical (unpaired) electrons. The Morgan fingerprint density at radius 1 is 1.50 bits per heavy atom. The van der Waals surface area contributed by atoms with Gasteiger partial charge in [-0.1, -0.05) is 6.07 Å². The Labute approximate surface area is 78.6 Å². The Bertz CT molecular complexity index is 387. The second-order valence-corrected chi connectivity index (χ2v) is 2.51. The molecule has 0 atom stereocenters. The zero-order chi connectivity index (χ0) is 10.7. The Morgan fingerprint density at radius 3 is 2.64 bits per heavy atom. The fourth-order valence-electron chi connectivity index (χ4n) is 0.989. The second-order valence-electron chi connectivity index (χ2n) is 2.51. The predicted molar refractivity (Wildman–Crippen MR) is 46.2 cm³/mol. The summed E-state index contributed by atoms with van der Waals surface area (Å²) in [5.74, 6) is -1.47. The highest BCUT2D eigenvalue weighted by molar-refractivity contribution is 6.00. The summed E-state index contributed by atoms with van der Waals surface area (Å²) < 4.78 is 0. The minimum Gasteiger partial charge on any atom is -0.502 e. The van der Waals surface area contributed by atoms with Gasteiger partial charge >= 0.3 is 5.69 Å². The molecule has 0 heterocycles. The highest BCUT2D eigenvalue weighted by atomic mass is 16.6. The molecule has 1 aromatic rings. The Kier molecular flexibility index (Phi) is 2.78. The van der Waals surface area contributed by atoms with E-state index in [1.54, 1.807) is 0 Å². The maximum absolute atomic E-state index is 11.0. The van der Waals surface area contributed by atoms with Crippen molar-refractivity contribution in [1.82, 2.24) is 0 Å². The number of carbonyl (C=O) groups excluding carboxylic acids is 1. The van der Waals surface area contributed by atoms with Gasteiger partial charge < -0.3 is 10.2 Å². The molecule has 0 fully saturated rings. The summed E-state index contributed by atoms with van der Waals surface area (Å²) in [6.45, 7) is -0.797. The van der Waals surface area contributed by atoms with Crippen LogP contribution in [0.1, 0.15) is 10.4 Å². The van der Waals surface area contributed by atoms with E-state index in [1.807, 2.05) is 0 Å². The van der Waals surface area contributed by atoms with Gasteiger partial charge in [0.1, 0.15) is 6.61 Å². The van der Waals surface area contributed by atoms with Crippen molar-refractivity contribution in [3.63, 3.8) is 0 Å². The summed E-state index contributed by atoms with van der Waals surface area (Å²) in [6.07, 6.45) is 0. The first-order valence-corrected chi connectivity index (χ1v) is 3.68. The van der Waals surface area contributed by atoms with Gasteiger partial charge in [-0.3, -0.25) is 14.9 Å². The molecule has 0 saturated carbocycles. The number of aliphatic hydroxyl groups excluding tert-OH is 1. The van der Waals surface area contributed by atoms with Gasteiger partial charge in [-0.15, -0.1) is 0 Å². The monoisotopic (exact) mass is 197 g/mol. The first kappa shape index (κ1) is 10.1. The van der Waals surface area contributed by atoms with Crippen LogP contribution < -0.4 is 0 Å². The average molecular weight is 197 g/mol. The van der Waals surface area contributed by atoms with Crippen molar-refractivity contribution in [2.45, 2.75) is 0 Å². The van der Waals surface area contributed by atoms with Crippen molar-refractivity contribution in [2.24, 2.45) is 0 Å². The van der Waals surface area contributed by atoms with Crippen LogP contribution in [0.25, 0.3) is 0 Å². The van der Waals surface area contributed by atoms with Crippen LogP contribution in [0.2, 0.25) is 0 Å². The van der Waals surface area contributed by atoms with E-state index in [9.17, 15) is 20.0 Å². The van der Waals surface area contributed by atoms with Gasteiger partial charge in [0.2, 0.25) is 5.75 Å². The minimum absolute atomic E-state index is 0.248. The average Bonchev–Trinajstić information content (AvgIpc) is 2.16. The molecular weight excluding hydrogens is 190 g/mol. The predicted octanol–water partition coefficient (Wildman–Crippen LogP) is 0.475. The molecule has 1 aromatic carbocycles. The number of nitro benzene ring substituents is 1.